The van der Waals surface area contributed by atoms with Gasteiger partial charge in [0.1, 0.15) is 5.75 Å². The van der Waals surface area contributed by atoms with Crippen LogP contribution >= 0.6 is 11.8 Å². The van der Waals surface area contributed by atoms with Gasteiger partial charge in [-0.15, -0.1) is 0 Å². The summed E-state index contributed by atoms with van der Waals surface area (Å²) in [6.45, 7) is -1.05. The Balaban J connectivity index is 2.11. The van der Waals surface area contributed by atoms with Gasteiger partial charge >= 0.3 is 6.61 Å². The van der Waals surface area contributed by atoms with Crippen molar-refractivity contribution in [2.45, 2.75) is 20.0 Å². The minimum Gasteiger partial charge on any atom is -0.433 e. The van der Waals surface area contributed by atoms with Gasteiger partial charge in [0, 0.05) is 25.6 Å². The molecule has 114 valence electrons. The summed E-state index contributed by atoms with van der Waals surface area (Å²) in [5.41, 5.74) is 0.345. The van der Waals surface area contributed by atoms with Gasteiger partial charge in [0.25, 0.3) is 0 Å². The lowest BCUT2D eigenvalue weighted by molar-refractivity contribution is -0.117. The van der Waals surface area contributed by atoms with Crippen LogP contribution in [0, 0.1) is 5.92 Å². The van der Waals surface area contributed by atoms with Crippen LogP contribution in [0.4, 0.5) is 14.5 Å². The largest absolute Gasteiger partial charge is 0.433 e. The Hall–Kier alpha value is -1.63. The maximum atomic E-state index is 12.4. The Kier molecular flexibility index (Phi) is 5.17. The minimum absolute atomic E-state index is 0.00216. The standard InChI is InChI=1S/C14H15F2NO3S/c1-9(18)21-8-10-6-13(19)17(7-10)11-4-2-3-5-12(11)20-14(15)16/h2-5,10,14H,6-8H2,1H3. The zero-order valence-electron chi connectivity index (χ0n) is 11.4. The first-order chi connectivity index (χ1) is 9.97. The summed E-state index contributed by atoms with van der Waals surface area (Å²) in [6, 6.07) is 6.23. The predicted octanol–water partition coefficient (Wildman–Crippen LogP) is 2.92. The Morgan fingerprint density at radius 2 is 2.19 bits per heavy atom. The van der Waals surface area contributed by atoms with Crippen molar-refractivity contribution in [2.75, 3.05) is 17.2 Å². The highest BCUT2D eigenvalue weighted by Gasteiger charge is 2.32. The zero-order chi connectivity index (χ0) is 15.4. The van der Waals surface area contributed by atoms with Crippen LogP contribution in [0.15, 0.2) is 24.3 Å². The third-order valence-electron chi connectivity index (χ3n) is 3.10. The van der Waals surface area contributed by atoms with Gasteiger partial charge in [-0.3, -0.25) is 9.59 Å². The van der Waals surface area contributed by atoms with Gasteiger partial charge in [0.2, 0.25) is 5.91 Å². The fraction of sp³-hybridized carbons (Fsp3) is 0.429. The summed E-state index contributed by atoms with van der Waals surface area (Å²) in [4.78, 5) is 24.5. The lowest BCUT2D eigenvalue weighted by atomic mass is 10.1. The van der Waals surface area contributed by atoms with E-state index in [2.05, 4.69) is 4.74 Å². The molecule has 1 amide bonds. The lowest BCUT2D eigenvalue weighted by Gasteiger charge is -2.20. The summed E-state index contributed by atoms with van der Waals surface area (Å²) >= 11 is 1.17. The van der Waals surface area contributed by atoms with Crippen LogP contribution in [-0.2, 0) is 9.59 Å². The molecule has 7 heteroatoms. The summed E-state index contributed by atoms with van der Waals surface area (Å²) < 4.78 is 29.3. The fourth-order valence-electron chi connectivity index (χ4n) is 2.24. The van der Waals surface area contributed by atoms with Crippen LogP contribution in [0.3, 0.4) is 0 Å². The molecule has 0 N–H and O–H groups in total. The van der Waals surface area contributed by atoms with Crippen molar-refractivity contribution >= 4 is 28.5 Å². The van der Waals surface area contributed by atoms with Crippen molar-refractivity contribution in [2.24, 2.45) is 5.92 Å². The van der Waals surface area contributed by atoms with E-state index < -0.39 is 6.61 Å². The molecule has 1 aliphatic rings. The van der Waals surface area contributed by atoms with Gasteiger partial charge < -0.3 is 9.64 Å². The maximum Gasteiger partial charge on any atom is 0.387 e. The van der Waals surface area contributed by atoms with Crippen LogP contribution in [0.1, 0.15) is 13.3 Å². The van der Waals surface area contributed by atoms with Gasteiger partial charge in [-0.25, -0.2) is 0 Å². The number of benzene rings is 1. The zero-order valence-corrected chi connectivity index (χ0v) is 12.2. The fourth-order valence-corrected chi connectivity index (χ4v) is 2.93. The highest BCUT2D eigenvalue weighted by molar-refractivity contribution is 8.13. The molecule has 0 bridgehead atoms. The molecule has 1 aliphatic heterocycles. The molecule has 4 nitrogen and oxygen atoms in total. The monoisotopic (exact) mass is 315 g/mol. The van der Waals surface area contributed by atoms with Gasteiger partial charge in [-0.1, -0.05) is 23.9 Å². The Labute approximate surface area is 125 Å². The molecule has 1 atom stereocenters. The number of alkyl halides is 2. The van der Waals surface area contributed by atoms with Crippen molar-refractivity contribution in [1.29, 1.82) is 0 Å². The minimum atomic E-state index is -2.94. The van der Waals surface area contributed by atoms with Crippen molar-refractivity contribution in [3.63, 3.8) is 0 Å². The van der Waals surface area contributed by atoms with Crippen molar-refractivity contribution in [3.8, 4) is 5.75 Å². The Bertz CT molecular complexity index is 539. The van der Waals surface area contributed by atoms with E-state index in [-0.39, 0.29) is 22.7 Å². The third kappa shape index (κ3) is 4.17. The molecule has 1 aromatic rings. The van der Waals surface area contributed by atoms with Crippen LogP contribution in [-0.4, -0.2) is 29.9 Å². The first-order valence-electron chi connectivity index (χ1n) is 6.45. The summed E-state index contributed by atoms with van der Waals surface area (Å²) in [5.74, 6) is 0.427. The maximum absolute atomic E-state index is 12.4. The van der Waals surface area contributed by atoms with Crippen molar-refractivity contribution in [3.05, 3.63) is 24.3 Å². The Morgan fingerprint density at radius 3 is 2.86 bits per heavy atom. The molecule has 2 rings (SSSR count). The van der Waals surface area contributed by atoms with E-state index >= 15 is 0 Å². The van der Waals surface area contributed by atoms with E-state index in [9.17, 15) is 18.4 Å². The SMILES string of the molecule is CC(=O)SCC1CC(=O)N(c2ccccc2OC(F)F)C1. The molecule has 1 unspecified atom stereocenters. The number of hydrogen-bond donors (Lipinski definition) is 0. The second kappa shape index (κ2) is 6.89. The van der Waals surface area contributed by atoms with Crippen LogP contribution < -0.4 is 9.64 Å². The molecule has 1 heterocycles. The number of hydrogen-bond acceptors (Lipinski definition) is 4. The van der Waals surface area contributed by atoms with Crippen LogP contribution in [0.25, 0.3) is 0 Å². The molecule has 0 saturated carbocycles. The average Bonchev–Trinajstić information content (AvgIpc) is 2.77. The first-order valence-corrected chi connectivity index (χ1v) is 7.43. The molecular formula is C14H15F2NO3S. The number of carbonyl (C=O) groups is 2. The number of rotatable bonds is 5. The van der Waals surface area contributed by atoms with E-state index in [1.807, 2.05) is 0 Å². The molecule has 21 heavy (non-hydrogen) atoms. The lowest BCUT2D eigenvalue weighted by Crippen LogP contribution is -2.25. The van der Waals surface area contributed by atoms with Gasteiger partial charge in [-0.2, -0.15) is 8.78 Å². The van der Waals surface area contributed by atoms with Crippen LogP contribution in [0.5, 0.6) is 5.75 Å². The van der Waals surface area contributed by atoms with Gasteiger partial charge in [-0.05, 0) is 18.1 Å². The summed E-state index contributed by atoms with van der Waals surface area (Å²) in [7, 11) is 0. The number of halogens is 2. The van der Waals surface area contributed by atoms with Crippen molar-refractivity contribution in [1.82, 2.24) is 0 Å². The first kappa shape index (κ1) is 15.8. The molecular weight excluding hydrogens is 300 g/mol. The molecule has 0 spiro atoms. The molecule has 0 aliphatic carbocycles. The molecule has 1 saturated heterocycles. The van der Waals surface area contributed by atoms with E-state index in [4.69, 9.17) is 0 Å². The highest BCUT2D eigenvalue weighted by Crippen LogP contribution is 2.34. The number of carbonyl (C=O) groups excluding carboxylic acids is 2. The number of amides is 1. The normalized spacial score (nSPS) is 18.4. The second-order valence-electron chi connectivity index (χ2n) is 4.72. The number of para-hydroxylation sites is 2. The van der Waals surface area contributed by atoms with Gasteiger partial charge in [0.15, 0.2) is 5.12 Å². The summed E-state index contributed by atoms with van der Waals surface area (Å²) in [6.07, 6.45) is 0.309. The topological polar surface area (TPSA) is 46.6 Å². The predicted molar refractivity (Wildman–Crippen MR) is 76.7 cm³/mol. The molecule has 0 radical (unpaired) electrons. The van der Waals surface area contributed by atoms with E-state index in [1.165, 1.54) is 29.7 Å². The average molecular weight is 315 g/mol. The quantitative estimate of drug-likeness (QED) is 0.838. The van der Waals surface area contributed by atoms with E-state index in [0.717, 1.165) is 0 Å². The summed E-state index contributed by atoms with van der Waals surface area (Å²) in [5, 5.41) is 0.00216. The van der Waals surface area contributed by atoms with E-state index in [1.54, 1.807) is 18.2 Å². The Morgan fingerprint density at radius 1 is 1.48 bits per heavy atom. The van der Waals surface area contributed by atoms with E-state index in [0.29, 0.717) is 24.4 Å². The molecule has 1 fully saturated rings. The van der Waals surface area contributed by atoms with Gasteiger partial charge in [0.05, 0.1) is 5.69 Å². The number of anilines is 1. The van der Waals surface area contributed by atoms with Crippen LogP contribution in [0.2, 0.25) is 0 Å². The molecule has 0 aromatic heterocycles. The van der Waals surface area contributed by atoms with Crippen molar-refractivity contribution < 1.29 is 23.1 Å². The number of ether oxygens (including phenoxy) is 1. The highest BCUT2D eigenvalue weighted by atomic mass is 32.2. The second-order valence-corrected chi connectivity index (χ2v) is 5.92. The number of nitrogens with zero attached hydrogens (tertiary/aromatic N) is 1. The number of thioether (sulfide) groups is 1. The smallest absolute Gasteiger partial charge is 0.387 e. The molecule has 1 aromatic carbocycles. The third-order valence-corrected chi connectivity index (χ3v) is 4.14.